The Kier molecular flexibility index (Phi) is 7.01. The lowest BCUT2D eigenvalue weighted by Gasteiger charge is -2.15. The average molecular weight is 258 g/mol. The highest BCUT2D eigenvalue weighted by Gasteiger charge is 1.98. The summed E-state index contributed by atoms with van der Waals surface area (Å²) in [5.74, 6) is 0.854. The van der Waals surface area contributed by atoms with Crippen molar-refractivity contribution in [3.63, 3.8) is 0 Å². The minimum absolute atomic E-state index is 0.256. The van der Waals surface area contributed by atoms with Gasteiger partial charge in [0.25, 0.3) is 0 Å². The van der Waals surface area contributed by atoms with E-state index in [1.807, 2.05) is 24.3 Å². The van der Waals surface area contributed by atoms with Crippen LogP contribution in [0.15, 0.2) is 24.3 Å². The van der Waals surface area contributed by atoms with E-state index in [0.717, 1.165) is 36.7 Å². The van der Waals surface area contributed by atoms with Gasteiger partial charge in [-0.3, -0.25) is 0 Å². The van der Waals surface area contributed by atoms with Crippen molar-refractivity contribution < 1.29 is 9.84 Å². The van der Waals surface area contributed by atoms with Crippen LogP contribution >= 0.6 is 11.6 Å². The zero-order chi connectivity index (χ0) is 12.5. The third kappa shape index (κ3) is 6.51. The van der Waals surface area contributed by atoms with Gasteiger partial charge in [0.1, 0.15) is 5.75 Å². The molecule has 0 bridgehead atoms. The van der Waals surface area contributed by atoms with Crippen LogP contribution < -0.4 is 4.74 Å². The molecule has 0 heterocycles. The van der Waals surface area contributed by atoms with Gasteiger partial charge in [-0.1, -0.05) is 11.6 Å². The number of nitrogens with zero attached hydrogens (tertiary/aromatic N) is 1. The Bertz CT molecular complexity index is 303. The third-order valence-electron chi connectivity index (χ3n) is 2.46. The van der Waals surface area contributed by atoms with E-state index in [4.69, 9.17) is 21.4 Å². The molecule has 0 atom stereocenters. The number of hydrogen-bond donors (Lipinski definition) is 1. The fraction of sp³-hybridized carbons (Fsp3) is 0.538. The maximum Gasteiger partial charge on any atom is 0.119 e. The number of halogens is 1. The largest absolute Gasteiger partial charge is 0.494 e. The molecule has 1 N–H and O–H groups in total. The Labute approximate surface area is 108 Å². The zero-order valence-electron chi connectivity index (χ0n) is 10.2. The molecule has 0 aliphatic carbocycles. The molecule has 0 unspecified atom stereocenters. The van der Waals surface area contributed by atoms with Gasteiger partial charge < -0.3 is 14.7 Å². The molecule has 4 heteroatoms. The van der Waals surface area contributed by atoms with Gasteiger partial charge in [-0.2, -0.15) is 0 Å². The number of ether oxygens (including phenoxy) is 1. The summed E-state index contributed by atoms with van der Waals surface area (Å²) in [4.78, 5) is 2.20. The summed E-state index contributed by atoms with van der Waals surface area (Å²) in [5.41, 5.74) is 0. The van der Waals surface area contributed by atoms with Crippen LogP contribution in [-0.2, 0) is 0 Å². The highest BCUT2D eigenvalue weighted by atomic mass is 35.5. The summed E-state index contributed by atoms with van der Waals surface area (Å²) in [6, 6.07) is 7.39. The van der Waals surface area contributed by atoms with Gasteiger partial charge in [0.15, 0.2) is 0 Å². The molecule has 0 aliphatic heterocycles. The first kappa shape index (κ1) is 14.3. The van der Waals surface area contributed by atoms with Gasteiger partial charge in [-0.15, -0.1) is 0 Å². The fourth-order valence-electron chi connectivity index (χ4n) is 1.51. The van der Waals surface area contributed by atoms with Crippen LogP contribution in [0.2, 0.25) is 5.02 Å². The number of hydrogen-bond acceptors (Lipinski definition) is 3. The fourth-order valence-corrected chi connectivity index (χ4v) is 1.63. The molecule has 1 aromatic carbocycles. The SMILES string of the molecule is CN(CCCO)CCCOc1ccc(Cl)cc1. The first-order valence-electron chi connectivity index (χ1n) is 5.90. The standard InChI is InChI=1S/C13H20ClNO2/c1-15(8-2-10-16)9-3-11-17-13-6-4-12(14)5-7-13/h4-7,16H,2-3,8-11H2,1H3. The average Bonchev–Trinajstić information content (AvgIpc) is 2.34. The Morgan fingerprint density at radius 3 is 2.47 bits per heavy atom. The molecule has 0 aliphatic rings. The molecule has 17 heavy (non-hydrogen) atoms. The summed E-state index contributed by atoms with van der Waals surface area (Å²) in [6.45, 7) is 2.86. The second-order valence-corrected chi connectivity index (χ2v) is 4.47. The Balaban J connectivity index is 2.09. The monoisotopic (exact) mass is 257 g/mol. The molecule has 3 nitrogen and oxygen atoms in total. The first-order chi connectivity index (χ1) is 8.22. The van der Waals surface area contributed by atoms with E-state index in [1.54, 1.807) is 0 Å². The Morgan fingerprint density at radius 2 is 1.82 bits per heavy atom. The van der Waals surface area contributed by atoms with Crippen molar-refractivity contribution in [2.24, 2.45) is 0 Å². The van der Waals surface area contributed by atoms with Crippen LogP contribution in [-0.4, -0.2) is 43.4 Å². The van der Waals surface area contributed by atoms with Gasteiger partial charge in [0.05, 0.1) is 6.61 Å². The normalized spacial score (nSPS) is 10.8. The van der Waals surface area contributed by atoms with Crippen LogP contribution in [0.1, 0.15) is 12.8 Å². The maximum absolute atomic E-state index is 8.70. The van der Waals surface area contributed by atoms with Crippen LogP contribution in [0, 0.1) is 0 Å². The van der Waals surface area contributed by atoms with Crippen molar-refractivity contribution >= 4 is 11.6 Å². The summed E-state index contributed by atoms with van der Waals surface area (Å²) >= 11 is 5.78. The number of benzene rings is 1. The Hall–Kier alpha value is -0.770. The number of aliphatic hydroxyl groups is 1. The molecule has 0 saturated heterocycles. The van der Waals surface area contributed by atoms with E-state index in [0.29, 0.717) is 6.61 Å². The van der Waals surface area contributed by atoms with Crippen molar-refractivity contribution in [3.05, 3.63) is 29.3 Å². The van der Waals surface area contributed by atoms with E-state index >= 15 is 0 Å². The smallest absolute Gasteiger partial charge is 0.119 e. The van der Waals surface area contributed by atoms with Crippen LogP contribution in [0.25, 0.3) is 0 Å². The van der Waals surface area contributed by atoms with E-state index < -0.39 is 0 Å². The second kappa shape index (κ2) is 8.34. The van der Waals surface area contributed by atoms with E-state index in [-0.39, 0.29) is 6.61 Å². The van der Waals surface area contributed by atoms with Crippen LogP contribution in [0.5, 0.6) is 5.75 Å². The van der Waals surface area contributed by atoms with Gasteiger partial charge in [0.2, 0.25) is 0 Å². The highest BCUT2D eigenvalue weighted by Crippen LogP contribution is 2.15. The molecule has 1 aromatic rings. The van der Waals surface area contributed by atoms with Gasteiger partial charge in [0, 0.05) is 24.7 Å². The number of rotatable bonds is 8. The topological polar surface area (TPSA) is 32.7 Å². The maximum atomic E-state index is 8.70. The first-order valence-corrected chi connectivity index (χ1v) is 6.28. The Morgan fingerprint density at radius 1 is 1.18 bits per heavy atom. The molecule has 1 rings (SSSR count). The molecule has 0 aromatic heterocycles. The summed E-state index contributed by atoms with van der Waals surface area (Å²) in [6.07, 6.45) is 1.80. The molecule has 0 saturated carbocycles. The molecule has 0 amide bonds. The lowest BCUT2D eigenvalue weighted by molar-refractivity contribution is 0.231. The summed E-state index contributed by atoms with van der Waals surface area (Å²) < 4.78 is 5.58. The van der Waals surface area contributed by atoms with Crippen molar-refractivity contribution in [1.29, 1.82) is 0 Å². The van der Waals surface area contributed by atoms with E-state index in [2.05, 4.69) is 11.9 Å². The molecule has 0 radical (unpaired) electrons. The minimum atomic E-state index is 0.256. The van der Waals surface area contributed by atoms with Crippen molar-refractivity contribution in [1.82, 2.24) is 4.90 Å². The number of aliphatic hydroxyl groups excluding tert-OH is 1. The highest BCUT2D eigenvalue weighted by molar-refractivity contribution is 6.30. The lowest BCUT2D eigenvalue weighted by atomic mass is 10.3. The van der Waals surface area contributed by atoms with Gasteiger partial charge >= 0.3 is 0 Å². The predicted molar refractivity (Wildman–Crippen MR) is 70.8 cm³/mol. The van der Waals surface area contributed by atoms with Crippen molar-refractivity contribution in [2.45, 2.75) is 12.8 Å². The van der Waals surface area contributed by atoms with Crippen LogP contribution in [0.3, 0.4) is 0 Å². The third-order valence-corrected chi connectivity index (χ3v) is 2.72. The molecule has 0 spiro atoms. The summed E-state index contributed by atoms with van der Waals surface area (Å²) in [5, 5.41) is 9.42. The zero-order valence-corrected chi connectivity index (χ0v) is 11.0. The van der Waals surface area contributed by atoms with Crippen LogP contribution in [0.4, 0.5) is 0 Å². The van der Waals surface area contributed by atoms with Gasteiger partial charge in [-0.25, -0.2) is 0 Å². The quantitative estimate of drug-likeness (QED) is 0.726. The van der Waals surface area contributed by atoms with Crippen molar-refractivity contribution in [3.8, 4) is 5.75 Å². The molecule has 0 fully saturated rings. The molecule has 96 valence electrons. The lowest BCUT2D eigenvalue weighted by Crippen LogP contribution is -2.23. The molecular formula is C13H20ClNO2. The van der Waals surface area contributed by atoms with E-state index in [1.165, 1.54) is 0 Å². The van der Waals surface area contributed by atoms with Crippen molar-refractivity contribution in [2.75, 3.05) is 33.4 Å². The predicted octanol–water partition coefficient (Wildman–Crippen LogP) is 2.42. The van der Waals surface area contributed by atoms with Gasteiger partial charge in [-0.05, 0) is 44.2 Å². The summed E-state index contributed by atoms with van der Waals surface area (Å²) in [7, 11) is 2.05. The minimum Gasteiger partial charge on any atom is -0.494 e. The van der Waals surface area contributed by atoms with E-state index in [9.17, 15) is 0 Å². The second-order valence-electron chi connectivity index (χ2n) is 4.04. The molecular weight excluding hydrogens is 238 g/mol.